The number of halogens is 2. The third-order valence-corrected chi connectivity index (χ3v) is 9.52. The molecule has 0 aromatic carbocycles. The summed E-state index contributed by atoms with van der Waals surface area (Å²) in [5, 5.41) is 0. The van der Waals surface area contributed by atoms with Crippen LogP contribution in [0.1, 0.15) is 25.7 Å². The zero-order chi connectivity index (χ0) is 16.9. The normalized spacial score (nSPS) is 38.5. The van der Waals surface area contributed by atoms with Gasteiger partial charge in [-0.15, -0.1) is 0 Å². The van der Waals surface area contributed by atoms with Crippen molar-refractivity contribution in [3.63, 3.8) is 0 Å². The lowest BCUT2D eigenvalue weighted by atomic mass is 9.52. The fourth-order valence-electron chi connectivity index (χ4n) is 6.32. The van der Waals surface area contributed by atoms with Crippen LogP contribution in [0.4, 0.5) is 0 Å². The third-order valence-electron chi connectivity index (χ3n) is 7.68. The van der Waals surface area contributed by atoms with Gasteiger partial charge < -0.3 is 9.80 Å². The Labute approximate surface area is 175 Å². The Hall–Kier alpha value is 1.30. The van der Waals surface area contributed by atoms with E-state index in [-0.39, 0.29) is 0 Å². The van der Waals surface area contributed by atoms with Gasteiger partial charge in [0.25, 0.3) is 0 Å². The molecule has 4 heterocycles. The van der Waals surface area contributed by atoms with E-state index in [0.29, 0.717) is 10.8 Å². The molecule has 2 atom stereocenters. The molecule has 0 radical (unpaired) electrons. The first-order chi connectivity index (χ1) is 11.4. The topological polar surface area (TPSA) is 13.0 Å². The van der Waals surface area contributed by atoms with Gasteiger partial charge in [0.15, 0.2) is 0 Å². The van der Waals surface area contributed by atoms with E-state index >= 15 is 0 Å². The van der Waals surface area contributed by atoms with Crippen LogP contribution in [0.15, 0.2) is 0 Å². The van der Waals surface area contributed by atoms with Gasteiger partial charge in [-0.1, -0.05) is 0 Å². The lowest BCUT2D eigenvalue weighted by Gasteiger charge is -2.63. The van der Waals surface area contributed by atoms with E-state index in [4.69, 9.17) is 0 Å². The predicted octanol–water partition coefficient (Wildman–Crippen LogP) is 2.97. The maximum absolute atomic E-state index is 2.63. The minimum Gasteiger partial charge on any atom is -0.306 e. The van der Waals surface area contributed by atoms with Crippen molar-refractivity contribution < 1.29 is 0 Å². The van der Waals surface area contributed by atoms with Gasteiger partial charge in [-0.25, -0.2) is 6.23 Å². The molecule has 2 spiro atoms. The van der Waals surface area contributed by atoms with Crippen LogP contribution in [-0.2, 0) is 0 Å². The molecular weight excluding hydrogens is 526 g/mol. The highest BCUT2D eigenvalue weighted by atomic mass is 127. The van der Waals surface area contributed by atoms with E-state index in [1.807, 2.05) is 0 Å². The van der Waals surface area contributed by atoms with Crippen molar-refractivity contribution in [1.29, 1.82) is 0 Å². The Balaban J connectivity index is 1.62. The van der Waals surface area contributed by atoms with Crippen LogP contribution in [0.25, 0.3) is 0 Å². The zero-order valence-corrected chi connectivity index (χ0v) is 19.5. The number of likely N-dealkylation sites (tertiary alicyclic amines) is 2. The summed E-state index contributed by atoms with van der Waals surface area (Å²) < 4.78 is 5.12. The fraction of sp³-hybridized carbons (Fsp3) is 1.00. The van der Waals surface area contributed by atoms with E-state index in [1.54, 1.807) is 0 Å². The number of hydrogen-bond donors (Lipinski definition) is 0. The van der Waals surface area contributed by atoms with Crippen LogP contribution in [0.2, 0.25) is 0 Å². The summed E-state index contributed by atoms with van der Waals surface area (Å²) in [6, 6.07) is 0. The lowest BCUT2D eigenvalue weighted by molar-refractivity contribution is -0.132. The Morgan fingerprint density at radius 1 is 0.667 bits per heavy atom. The molecule has 0 N–H and O–H groups in total. The van der Waals surface area contributed by atoms with Gasteiger partial charge in [-0.2, -0.15) is 0 Å². The average Bonchev–Trinajstić information content (AvgIpc) is 2.53. The molecule has 0 aromatic rings. The van der Waals surface area contributed by atoms with Crippen LogP contribution >= 0.6 is 45.7 Å². The van der Waals surface area contributed by atoms with Crippen molar-refractivity contribution >= 4 is 45.7 Å². The van der Waals surface area contributed by atoms with Crippen molar-refractivity contribution in [3.8, 4) is 0 Å². The highest BCUT2D eigenvalue weighted by Crippen LogP contribution is 2.56. The standard InChI is InChI=1S/C18H32I2N4/c1-21-7-3-17(4-8-23(19)9-5-17)15(11-21)16-12-24(20)10-6-18(16)13-22(2)14-18/h15-16H,3-14H2,1-2H3. The average molecular weight is 558 g/mol. The van der Waals surface area contributed by atoms with E-state index in [2.05, 4.69) is 75.9 Å². The molecular formula is C18H32I2N4. The van der Waals surface area contributed by atoms with Crippen LogP contribution < -0.4 is 0 Å². The largest absolute Gasteiger partial charge is 0.306 e. The van der Waals surface area contributed by atoms with Gasteiger partial charge in [-0.05, 0) is 63.6 Å². The molecule has 2 unspecified atom stereocenters. The molecule has 4 nitrogen and oxygen atoms in total. The van der Waals surface area contributed by atoms with E-state index in [1.165, 1.54) is 78.0 Å². The van der Waals surface area contributed by atoms with Crippen LogP contribution in [0, 0.1) is 22.7 Å². The number of piperidine rings is 3. The zero-order valence-electron chi connectivity index (χ0n) is 15.2. The van der Waals surface area contributed by atoms with Crippen LogP contribution in [-0.4, -0.2) is 82.5 Å². The smallest absolute Gasteiger partial charge is 0.0201 e. The van der Waals surface area contributed by atoms with Gasteiger partial charge >= 0.3 is 0 Å². The Morgan fingerprint density at radius 2 is 1.21 bits per heavy atom. The minimum absolute atomic E-state index is 0.619. The van der Waals surface area contributed by atoms with Crippen LogP contribution in [0.5, 0.6) is 0 Å². The van der Waals surface area contributed by atoms with Crippen molar-refractivity contribution in [3.05, 3.63) is 0 Å². The fourth-order valence-corrected chi connectivity index (χ4v) is 7.47. The summed E-state index contributed by atoms with van der Waals surface area (Å²) in [6.07, 6.45) is 5.71. The molecule has 4 fully saturated rings. The maximum atomic E-state index is 2.63. The quantitative estimate of drug-likeness (QED) is 0.363. The molecule has 4 rings (SSSR count). The van der Waals surface area contributed by atoms with E-state index in [9.17, 15) is 0 Å². The van der Waals surface area contributed by atoms with Gasteiger partial charge in [0, 0.05) is 97.0 Å². The molecule has 0 bridgehead atoms. The summed E-state index contributed by atoms with van der Waals surface area (Å²) in [6.45, 7) is 10.5. The Bertz CT molecular complexity index is 452. The SMILES string of the molecule is CN1CCC2(CCN(I)CC2)C(C2CN(I)CCC23CN(C)C3)C1. The highest BCUT2D eigenvalue weighted by molar-refractivity contribution is 14.1. The molecule has 6 heteroatoms. The summed E-state index contributed by atoms with van der Waals surface area (Å²) >= 11 is 5.13. The summed E-state index contributed by atoms with van der Waals surface area (Å²) in [5.74, 6) is 1.79. The Morgan fingerprint density at radius 3 is 1.88 bits per heavy atom. The first kappa shape index (κ1) is 18.7. The lowest BCUT2D eigenvalue weighted by Crippen LogP contribution is -2.67. The number of nitrogens with zero attached hydrogens (tertiary/aromatic N) is 4. The first-order valence-electron chi connectivity index (χ1n) is 9.61. The second kappa shape index (κ2) is 7.04. The minimum atomic E-state index is 0.619. The van der Waals surface area contributed by atoms with Gasteiger partial charge in [0.05, 0.1) is 0 Å². The predicted molar refractivity (Wildman–Crippen MR) is 116 cm³/mol. The molecule has 0 aliphatic carbocycles. The van der Waals surface area contributed by atoms with Gasteiger partial charge in [-0.3, -0.25) is 0 Å². The van der Waals surface area contributed by atoms with Crippen LogP contribution in [0.3, 0.4) is 0 Å². The van der Waals surface area contributed by atoms with Gasteiger partial charge in [0.1, 0.15) is 0 Å². The molecule has 24 heavy (non-hydrogen) atoms. The highest BCUT2D eigenvalue weighted by Gasteiger charge is 2.57. The van der Waals surface area contributed by atoms with Crippen molar-refractivity contribution in [1.82, 2.24) is 16.0 Å². The second-order valence-electron chi connectivity index (χ2n) is 9.15. The summed E-state index contributed by atoms with van der Waals surface area (Å²) in [7, 11) is 4.67. The van der Waals surface area contributed by atoms with E-state index in [0.717, 1.165) is 11.8 Å². The second-order valence-corrected chi connectivity index (χ2v) is 11.9. The van der Waals surface area contributed by atoms with E-state index < -0.39 is 0 Å². The molecule has 0 saturated carbocycles. The summed E-state index contributed by atoms with van der Waals surface area (Å²) in [4.78, 5) is 5.19. The monoisotopic (exact) mass is 558 g/mol. The number of rotatable bonds is 1. The van der Waals surface area contributed by atoms with Crippen molar-refractivity contribution in [2.24, 2.45) is 22.7 Å². The molecule has 0 amide bonds. The Kier molecular flexibility index (Phi) is 5.47. The first-order valence-corrected chi connectivity index (χ1v) is 11.5. The van der Waals surface area contributed by atoms with Gasteiger partial charge in [0.2, 0.25) is 0 Å². The molecule has 0 aromatic heterocycles. The number of hydrogen-bond acceptors (Lipinski definition) is 4. The maximum Gasteiger partial charge on any atom is 0.0201 e. The molecule has 138 valence electrons. The molecule has 4 aliphatic heterocycles. The summed E-state index contributed by atoms with van der Waals surface area (Å²) in [5.41, 5.74) is 1.24. The molecule has 4 aliphatic rings. The van der Waals surface area contributed by atoms with Crippen molar-refractivity contribution in [2.45, 2.75) is 25.7 Å². The molecule has 4 saturated heterocycles. The van der Waals surface area contributed by atoms with Crippen molar-refractivity contribution in [2.75, 3.05) is 66.5 Å². The third kappa shape index (κ3) is 3.30.